The van der Waals surface area contributed by atoms with Crippen LogP contribution in [0, 0.1) is 0 Å². The molecule has 0 unspecified atom stereocenters. The van der Waals surface area contributed by atoms with Gasteiger partial charge in [-0.25, -0.2) is 0 Å². The molecule has 0 aliphatic rings. The summed E-state index contributed by atoms with van der Waals surface area (Å²) in [5.74, 6) is -0.101. The van der Waals surface area contributed by atoms with Crippen molar-refractivity contribution in [3.05, 3.63) is 12.7 Å². The van der Waals surface area contributed by atoms with Gasteiger partial charge in [0.05, 0.1) is 19.3 Å². The van der Waals surface area contributed by atoms with E-state index >= 15 is 0 Å². The molecule has 0 atom stereocenters. The molecule has 0 aromatic rings. The summed E-state index contributed by atoms with van der Waals surface area (Å²) in [6.07, 6.45) is 2.72. The molecule has 1 amide bonds. The van der Waals surface area contributed by atoms with Crippen LogP contribution >= 0.6 is 0 Å². The number of amides is 1. The van der Waals surface area contributed by atoms with E-state index in [1.807, 2.05) is 13.8 Å². The summed E-state index contributed by atoms with van der Waals surface area (Å²) < 4.78 is 10.4. The van der Waals surface area contributed by atoms with Gasteiger partial charge in [0.1, 0.15) is 6.61 Å². The molecule has 0 saturated carbocycles. The first-order valence-corrected chi connectivity index (χ1v) is 5.23. The number of hydrogen-bond donors (Lipinski definition) is 1. The van der Waals surface area contributed by atoms with Crippen molar-refractivity contribution in [1.29, 1.82) is 0 Å². The van der Waals surface area contributed by atoms with Crippen molar-refractivity contribution in [2.24, 2.45) is 0 Å². The predicted octanol–water partition coefficient (Wildman–Crippen LogP) is 1.12. The normalized spacial score (nSPS) is 10.3. The van der Waals surface area contributed by atoms with Crippen molar-refractivity contribution >= 4 is 5.91 Å². The van der Waals surface area contributed by atoms with E-state index in [1.165, 1.54) is 0 Å². The molecule has 4 nitrogen and oxygen atoms in total. The molecule has 0 spiro atoms. The fraction of sp³-hybridized carbons (Fsp3) is 0.727. The van der Waals surface area contributed by atoms with Gasteiger partial charge < -0.3 is 14.8 Å². The second-order valence-corrected chi connectivity index (χ2v) is 3.40. The Hall–Kier alpha value is -0.870. The Kier molecular flexibility index (Phi) is 9.11. The molecule has 1 N–H and O–H groups in total. The van der Waals surface area contributed by atoms with Crippen LogP contribution in [0.5, 0.6) is 0 Å². The van der Waals surface area contributed by atoms with Crippen molar-refractivity contribution < 1.29 is 14.3 Å². The first-order valence-electron chi connectivity index (χ1n) is 5.23. The largest absolute Gasteiger partial charge is 0.379 e. The van der Waals surface area contributed by atoms with Crippen molar-refractivity contribution in [3.8, 4) is 0 Å². The SMILES string of the molecule is C=CCCOCCNC(=O)COC(C)C. The maximum absolute atomic E-state index is 11.1. The Morgan fingerprint density at radius 3 is 2.80 bits per heavy atom. The number of carbonyl (C=O) groups excluding carboxylic acids is 1. The van der Waals surface area contributed by atoms with Crippen LogP contribution in [0.25, 0.3) is 0 Å². The minimum atomic E-state index is -0.101. The molecule has 0 radical (unpaired) electrons. The van der Waals surface area contributed by atoms with Crippen LogP contribution < -0.4 is 5.32 Å². The van der Waals surface area contributed by atoms with Crippen molar-refractivity contribution in [3.63, 3.8) is 0 Å². The molecule has 15 heavy (non-hydrogen) atoms. The van der Waals surface area contributed by atoms with Crippen LogP contribution in [0.1, 0.15) is 20.3 Å². The maximum atomic E-state index is 11.1. The lowest BCUT2D eigenvalue weighted by atomic mass is 10.4. The van der Waals surface area contributed by atoms with Crippen LogP contribution in [0.3, 0.4) is 0 Å². The average molecular weight is 215 g/mol. The monoisotopic (exact) mass is 215 g/mol. The van der Waals surface area contributed by atoms with E-state index < -0.39 is 0 Å². The summed E-state index contributed by atoms with van der Waals surface area (Å²) in [6.45, 7) is 9.19. The van der Waals surface area contributed by atoms with Crippen LogP contribution in [0.2, 0.25) is 0 Å². The Labute approximate surface area is 91.6 Å². The zero-order valence-corrected chi connectivity index (χ0v) is 9.62. The summed E-state index contributed by atoms with van der Waals surface area (Å²) >= 11 is 0. The highest BCUT2D eigenvalue weighted by molar-refractivity contribution is 5.77. The standard InChI is InChI=1S/C11H21NO3/c1-4-5-7-14-8-6-12-11(13)9-15-10(2)3/h4,10H,1,5-9H2,2-3H3,(H,12,13). The van der Waals surface area contributed by atoms with Gasteiger partial charge >= 0.3 is 0 Å². The third kappa shape index (κ3) is 11.1. The molecule has 0 rings (SSSR count). The summed E-state index contributed by atoms with van der Waals surface area (Å²) in [4.78, 5) is 11.1. The first kappa shape index (κ1) is 14.1. The molecular weight excluding hydrogens is 194 g/mol. The van der Waals surface area contributed by atoms with Crippen LogP contribution in [0.4, 0.5) is 0 Å². The molecule has 0 fully saturated rings. The zero-order chi connectivity index (χ0) is 11.5. The first-order chi connectivity index (χ1) is 7.16. The zero-order valence-electron chi connectivity index (χ0n) is 9.62. The third-order valence-electron chi connectivity index (χ3n) is 1.58. The predicted molar refractivity (Wildman–Crippen MR) is 59.7 cm³/mol. The average Bonchev–Trinajstić information content (AvgIpc) is 2.20. The Bertz CT molecular complexity index is 181. The van der Waals surface area contributed by atoms with Gasteiger partial charge in [-0.05, 0) is 20.3 Å². The highest BCUT2D eigenvalue weighted by Gasteiger charge is 2.01. The fourth-order valence-corrected chi connectivity index (χ4v) is 0.825. The van der Waals surface area contributed by atoms with Crippen LogP contribution in [0.15, 0.2) is 12.7 Å². The van der Waals surface area contributed by atoms with Gasteiger partial charge in [-0.3, -0.25) is 4.79 Å². The smallest absolute Gasteiger partial charge is 0.246 e. The molecule has 0 aromatic heterocycles. The third-order valence-corrected chi connectivity index (χ3v) is 1.58. The highest BCUT2D eigenvalue weighted by atomic mass is 16.5. The van der Waals surface area contributed by atoms with Crippen LogP contribution in [-0.2, 0) is 14.3 Å². The van der Waals surface area contributed by atoms with E-state index in [9.17, 15) is 4.79 Å². The maximum Gasteiger partial charge on any atom is 0.246 e. The molecular formula is C11H21NO3. The topological polar surface area (TPSA) is 47.6 Å². The molecule has 0 aliphatic carbocycles. The van der Waals surface area contributed by atoms with E-state index in [2.05, 4.69) is 11.9 Å². The molecule has 0 heterocycles. The van der Waals surface area contributed by atoms with Gasteiger partial charge in [-0.15, -0.1) is 6.58 Å². The Balaban J connectivity index is 3.20. The summed E-state index contributed by atoms with van der Waals surface area (Å²) in [7, 11) is 0. The van der Waals surface area contributed by atoms with E-state index in [4.69, 9.17) is 9.47 Å². The van der Waals surface area contributed by atoms with E-state index in [0.29, 0.717) is 19.8 Å². The number of ether oxygens (including phenoxy) is 2. The van der Waals surface area contributed by atoms with Crippen LogP contribution in [-0.4, -0.2) is 38.4 Å². The second-order valence-electron chi connectivity index (χ2n) is 3.40. The lowest BCUT2D eigenvalue weighted by Crippen LogP contribution is -2.31. The minimum Gasteiger partial charge on any atom is -0.379 e. The van der Waals surface area contributed by atoms with Gasteiger partial charge in [0.2, 0.25) is 5.91 Å². The highest BCUT2D eigenvalue weighted by Crippen LogP contribution is 1.86. The molecule has 88 valence electrons. The van der Waals surface area contributed by atoms with Crippen molar-refractivity contribution in [1.82, 2.24) is 5.32 Å². The lowest BCUT2D eigenvalue weighted by molar-refractivity contribution is -0.127. The molecule has 0 bridgehead atoms. The second kappa shape index (κ2) is 9.68. The summed E-state index contributed by atoms with van der Waals surface area (Å²) in [6, 6.07) is 0. The lowest BCUT2D eigenvalue weighted by Gasteiger charge is -2.08. The summed E-state index contributed by atoms with van der Waals surface area (Å²) in [5.41, 5.74) is 0. The van der Waals surface area contributed by atoms with Crippen molar-refractivity contribution in [2.45, 2.75) is 26.4 Å². The Morgan fingerprint density at radius 2 is 2.20 bits per heavy atom. The molecule has 4 heteroatoms. The molecule has 0 aromatic carbocycles. The minimum absolute atomic E-state index is 0.0830. The number of carbonyl (C=O) groups is 1. The van der Waals surface area contributed by atoms with Gasteiger partial charge in [0.15, 0.2) is 0 Å². The molecule has 0 aliphatic heterocycles. The van der Waals surface area contributed by atoms with E-state index in [-0.39, 0.29) is 18.6 Å². The van der Waals surface area contributed by atoms with E-state index in [0.717, 1.165) is 6.42 Å². The quantitative estimate of drug-likeness (QED) is 0.463. The number of hydrogen-bond acceptors (Lipinski definition) is 3. The van der Waals surface area contributed by atoms with Crippen molar-refractivity contribution in [2.75, 3.05) is 26.4 Å². The Morgan fingerprint density at radius 1 is 1.47 bits per heavy atom. The summed E-state index contributed by atoms with van der Waals surface area (Å²) in [5, 5.41) is 2.70. The number of rotatable bonds is 9. The number of nitrogens with one attached hydrogen (secondary N) is 1. The van der Waals surface area contributed by atoms with E-state index in [1.54, 1.807) is 6.08 Å². The van der Waals surface area contributed by atoms with Gasteiger partial charge in [0.25, 0.3) is 0 Å². The fourth-order valence-electron chi connectivity index (χ4n) is 0.825. The van der Waals surface area contributed by atoms with Gasteiger partial charge in [-0.2, -0.15) is 0 Å². The molecule has 0 saturated heterocycles. The van der Waals surface area contributed by atoms with Gasteiger partial charge in [-0.1, -0.05) is 6.08 Å². The van der Waals surface area contributed by atoms with Gasteiger partial charge in [0, 0.05) is 6.54 Å².